The lowest BCUT2D eigenvalue weighted by molar-refractivity contribution is 0.111. The number of halogens is 1. The topological polar surface area (TPSA) is 50.2 Å². The van der Waals surface area contributed by atoms with Gasteiger partial charge in [0.25, 0.3) is 0 Å². The van der Waals surface area contributed by atoms with Crippen LogP contribution in [-0.2, 0) is 0 Å². The molecular formula is C12H8FNO2. The molecule has 0 saturated heterocycles. The Kier molecular flexibility index (Phi) is 2.64. The molecule has 0 fully saturated rings. The first-order valence-corrected chi connectivity index (χ1v) is 4.61. The molecule has 0 aliphatic rings. The zero-order valence-electron chi connectivity index (χ0n) is 8.22. The zero-order chi connectivity index (χ0) is 11.5. The Morgan fingerprint density at radius 1 is 1.25 bits per heavy atom. The lowest BCUT2D eigenvalue weighted by Gasteiger charge is -2.04. The highest BCUT2D eigenvalue weighted by atomic mass is 19.1. The van der Waals surface area contributed by atoms with Crippen molar-refractivity contribution in [3.8, 4) is 16.9 Å². The van der Waals surface area contributed by atoms with Crippen molar-refractivity contribution in [3.63, 3.8) is 0 Å². The molecule has 0 atom stereocenters. The van der Waals surface area contributed by atoms with Gasteiger partial charge in [0.15, 0.2) is 17.9 Å². The summed E-state index contributed by atoms with van der Waals surface area (Å²) in [6, 6.07) is 7.42. The fourth-order valence-electron chi connectivity index (χ4n) is 1.38. The Hall–Kier alpha value is -2.23. The minimum absolute atomic E-state index is 0.255. The van der Waals surface area contributed by atoms with E-state index in [9.17, 15) is 14.3 Å². The summed E-state index contributed by atoms with van der Waals surface area (Å²) < 4.78 is 13.5. The molecule has 0 bridgehead atoms. The van der Waals surface area contributed by atoms with Crippen LogP contribution in [0.4, 0.5) is 4.39 Å². The molecule has 1 heterocycles. The van der Waals surface area contributed by atoms with Crippen LogP contribution in [0.3, 0.4) is 0 Å². The van der Waals surface area contributed by atoms with Crippen LogP contribution in [0.15, 0.2) is 36.5 Å². The molecule has 0 spiro atoms. The number of aromatic hydroxyl groups is 1. The summed E-state index contributed by atoms with van der Waals surface area (Å²) in [7, 11) is 0. The molecule has 2 rings (SSSR count). The number of phenolic OH excluding ortho intramolecular Hbond substituents is 1. The van der Waals surface area contributed by atoms with Gasteiger partial charge in [-0.15, -0.1) is 0 Å². The molecule has 1 aromatic heterocycles. The summed E-state index contributed by atoms with van der Waals surface area (Å²) >= 11 is 0. The highest BCUT2D eigenvalue weighted by Crippen LogP contribution is 2.27. The van der Waals surface area contributed by atoms with E-state index >= 15 is 0 Å². The molecule has 16 heavy (non-hydrogen) atoms. The Balaban J connectivity index is 2.50. The highest BCUT2D eigenvalue weighted by molar-refractivity contribution is 5.73. The van der Waals surface area contributed by atoms with Gasteiger partial charge in [0, 0.05) is 17.3 Å². The Bertz CT molecular complexity index is 523. The first-order valence-electron chi connectivity index (χ1n) is 4.61. The Labute approximate surface area is 91.2 Å². The number of benzene rings is 1. The molecule has 0 radical (unpaired) electrons. The van der Waals surface area contributed by atoms with Crippen LogP contribution in [0.5, 0.6) is 5.75 Å². The van der Waals surface area contributed by atoms with Gasteiger partial charge in [0.05, 0.1) is 0 Å². The van der Waals surface area contributed by atoms with E-state index in [4.69, 9.17) is 0 Å². The number of phenols is 1. The fraction of sp³-hybridized carbons (Fsp3) is 0. The normalized spacial score (nSPS) is 10.1. The van der Waals surface area contributed by atoms with Gasteiger partial charge in [-0.2, -0.15) is 0 Å². The molecule has 1 N–H and O–H groups in total. The van der Waals surface area contributed by atoms with Gasteiger partial charge in [0.2, 0.25) is 0 Å². The number of aldehydes is 1. The average Bonchev–Trinajstić information content (AvgIpc) is 2.33. The lowest BCUT2D eigenvalue weighted by atomic mass is 10.1. The zero-order valence-corrected chi connectivity index (χ0v) is 8.22. The van der Waals surface area contributed by atoms with E-state index in [1.165, 1.54) is 24.4 Å². The van der Waals surface area contributed by atoms with Crippen molar-refractivity contribution in [2.24, 2.45) is 0 Å². The van der Waals surface area contributed by atoms with Crippen molar-refractivity contribution >= 4 is 6.29 Å². The van der Waals surface area contributed by atoms with E-state index in [0.29, 0.717) is 11.8 Å². The fourth-order valence-corrected chi connectivity index (χ4v) is 1.38. The summed E-state index contributed by atoms with van der Waals surface area (Å²) in [4.78, 5) is 14.2. The van der Waals surface area contributed by atoms with Crippen molar-refractivity contribution in [2.45, 2.75) is 0 Å². The highest BCUT2D eigenvalue weighted by Gasteiger charge is 2.08. The minimum Gasteiger partial charge on any atom is -0.505 e. The first-order chi connectivity index (χ1) is 7.72. The molecule has 0 aliphatic carbocycles. The predicted octanol–water partition coefficient (Wildman–Crippen LogP) is 2.41. The monoisotopic (exact) mass is 217 g/mol. The number of carbonyl (C=O) groups is 1. The number of rotatable bonds is 2. The molecular weight excluding hydrogens is 209 g/mol. The molecule has 3 nitrogen and oxygen atoms in total. The third-order valence-corrected chi connectivity index (χ3v) is 2.20. The number of aromatic nitrogens is 1. The molecule has 4 heteroatoms. The maximum atomic E-state index is 13.5. The van der Waals surface area contributed by atoms with E-state index in [0.717, 1.165) is 0 Å². The maximum absolute atomic E-state index is 13.5. The summed E-state index contributed by atoms with van der Waals surface area (Å²) in [5, 5.41) is 9.21. The van der Waals surface area contributed by atoms with Crippen molar-refractivity contribution in [1.29, 1.82) is 0 Å². The second kappa shape index (κ2) is 4.10. The van der Waals surface area contributed by atoms with Gasteiger partial charge in [0.1, 0.15) is 5.69 Å². The quantitative estimate of drug-likeness (QED) is 0.786. The number of pyridine rings is 1. The van der Waals surface area contributed by atoms with E-state index in [1.54, 1.807) is 12.1 Å². The van der Waals surface area contributed by atoms with Gasteiger partial charge in [-0.25, -0.2) is 4.39 Å². The van der Waals surface area contributed by atoms with Gasteiger partial charge < -0.3 is 5.11 Å². The van der Waals surface area contributed by atoms with E-state index in [1.807, 2.05) is 0 Å². The number of hydrogen-bond acceptors (Lipinski definition) is 3. The van der Waals surface area contributed by atoms with E-state index in [2.05, 4.69) is 4.98 Å². The summed E-state index contributed by atoms with van der Waals surface area (Å²) in [6.07, 6.45) is 2.00. The van der Waals surface area contributed by atoms with E-state index < -0.39 is 11.6 Å². The predicted molar refractivity (Wildman–Crippen MR) is 56.7 cm³/mol. The summed E-state index contributed by atoms with van der Waals surface area (Å²) in [5.74, 6) is -1.10. The van der Waals surface area contributed by atoms with Gasteiger partial charge in [-0.3, -0.25) is 9.78 Å². The van der Waals surface area contributed by atoms with Crippen LogP contribution in [0.2, 0.25) is 0 Å². The Morgan fingerprint density at radius 2 is 2.06 bits per heavy atom. The van der Waals surface area contributed by atoms with Crippen molar-refractivity contribution < 1.29 is 14.3 Å². The SMILES string of the molecule is O=Cc1ccc(-c2cccc(O)c2F)cn1. The smallest absolute Gasteiger partial charge is 0.172 e. The van der Waals surface area contributed by atoms with E-state index in [-0.39, 0.29) is 11.3 Å². The summed E-state index contributed by atoms with van der Waals surface area (Å²) in [6.45, 7) is 0. The summed E-state index contributed by atoms with van der Waals surface area (Å²) in [5.41, 5.74) is 1.05. The second-order valence-corrected chi connectivity index (χ2v) is 3.23. The average molecular weight is 217 g/mol. The molecule has 80 valence electrons. The van der Waals surface area contributed by atoms with Gasteiger partial charge in [-0.1, -0.05) is 18.2 Å². The number of carbonyl (C=O) groups excluding carboxylic acids is 1. The lowest BCUT2D eigenvalue weighted by Crippen LogP contribution is -1.89. The third kappa shape index (κ3) is 1.77. The molecule has 0 amide bonds. The molecule has 2 aromatic rings. The van der Waals surface area contributed by atoms with Crippen LogP contribution >= 0.6 is 0 Å². The number of hydrogen-bond donors (Lipinski definition) is 1. The third-order valence-electron chi connectivity index (χ3n) is 2.20. The van der Waals surface area contributed by atoms with Crippen LogP contribution in [-0.4, -0.2) is 16.4 Å². The largest absolute Gasteiger partial charge is 0.505 e. The molecule has 1 aromatic carbocycles. The first kappa shape index (κ1) is 10.3. The van der Waals surface area contributed by atoms with Crippen LogP contribution in [0, 0.1) is 5.82 Å². The van der Waals surface area contributed by atoms with Crippen molar-refractivity contribution in [1.82, 2.24) is 4.98 Å². The van der Waals surface area contributed by atoms with Crippen molar-refractivity contribution in [3.05, 3.63) is 48.0 Å². The van der Waals surface area contributed by atoms with Crippen LogP contribution < -0.4 is 0 Å². The van der Waals surface area contributed by atoms with Crippen molar-refractivity contribution in [2.75, 3.05) is 0 Å². The standard InChI is InChI=1S/C12H8FNO2/c13-12-10(2-1-3-11(12)16)8-4-5-9(7-15)14-6-8/h1-7,16H. The van der Waals surface area contributed by atoms with Crippen LogP contribution in [0.25, 0.3) is 11.1 Å². The molecule has 0 saturated carbocycles. The second-order valence-electron chi connectivity index (χ2n) is 3.23. The van der Waals surface area contributed by atoms with Gasteiger partial charge in [-0.05, 0) is 12.1 Å². The Morgan fingerprint density at radius 3 is 2.69 bits per heavy atom. The minimum atomic E-state index is -0.692. The van der Waals surface area contributed by atoms with Crippen LogP contribution in [0.1, 0.15) is 10.5 Å². The number of nitrogens with zero attached hydrogens (tertiary/aromatic N) is 1. The maximum Gasteiger partial charge on any atom is 0.172 e. The molecule has 0 aliphatic heterocycles. The molecule has 0 unspecified atom stereocenters. The van der Waals surface area contributed by atoms with Gasteiger partial charge >= 0.3 is 0 Å².